The normalized spacial score (nSPS) is 11.1. The molecule has 2 heterocycles. The van der Waals surface area contributed by atoms with Crippen molar-refractivity contribution in [3.05, 3.63) is 35.5 Å². The molecule has 3 aromatic rings. The van der Waals surface area contributed by atoms with Gasteiger partial charge in [-0.25, -0.2) is 4.68 Å². The van der Waals surface area contributed by atoms with Crippen molar-refractivity contribution in [3.8, 4) is 28.7 Å². The van der Waals surface area contributed by atoms with Crippen LogP contribution in [0.2, 0.25) is 5.02 Å². The van der Waals surface area contributed by atoms with Crippen LogP contribution in [0.5, 0.6) is 5.75 Å². The number of benzene rings is 1. The van der Waals surface area contributed by atoms with Gasteiger partial charge in [0.2, 0.25) is 5.82 Å². The molecule has 9 heteroatoms. The van der Waals surface area contributed by atoms with Gasteiger partial charge in [0, 0.05) is 11.2 Å². The van der Waals surface area contributed by atoms with Gasteiger partial charge in [0.1, 0.15) is 5.75 Å². The van der Waals surface area contributed by atoms with Gasteiger partial charge in [0.25, 0.3) is 5.89 Å². The average Bonchev–Trinajstić information content (AvgIpc) is 3.16. The number of hydrogen-bond donors (Lipinski definition) is 0. The van der Waals surface area contributed by atoms with Crippen molar-refractivity contribution >= 4 is 11.6 Å². The summed E-state index contributed by atoms with van der Waals surface area (Å²) in [6.45, 7) is -2.73. The van der Waals surface area contributed by atoms with Crippen molar-refractivity contribution in [1.29, 1.82) is 0 Å². The molecule has 114 valence electrons. The molecule has 22 heavy (non-hydrogen) atoms. The lowest BCUT2D eigenvalue weighted by Gasteiger charge is -2.04. The van der Waals surface area contributed by atoms with E-state index in [2.05, 4.69) is 15.2 Å². The molecular formula is C13H9ClF2N4O2. The van der Waals surface area contributed by atoms with Crippen LogP contribution in [0.3, 0.4) is 0 Å². The SMILES string of the molecule is COc1ccc(Cl)cc1-c1noc(-c2ccn(C(F)F)n2)n1. The first-order chi connectivity index (χ1) is 10.6. The van der Waals surface area contributed by atoms with Crippen molar-refractivity contribution in [2.24, 2.45) is 0 Å². The first-order valence-corrected chi connectivity index (χ1v) is 6.47. The molecule has 0 N–H and O–H groups in total. The number of ether oxygens (including phenoxy) is 1. The molecule has 0 saturated heterocycles. The summed E-state index contributed by atoms with van der Waals surface area (Å²) in [5.74, 6) is 0.757. The van der Waals surface area contributed by atoms with Crippen LogP contribution in [0.25, 0.3) is 23.0 Å². The summed E-state index contributed by atoms with van der Waals surface area (Å²) in [6.07, 6.45) is 1.13. The molecule has 6 nitrogen and oxygen atoms in total. The molecule has 0 fully saturated rings. The van der Waals surface area contributed by atoms with E-state index < -0.39 is 6.55 Å². The summed E-state index contributed by atoms with van der Waals surface area (Å²) >= 11 is 5.94. The van der Waals surface area contributed by atoms with Gasteiger partial charge in [-0.05, 0) is 24.3 Å². The van der Waals surface area contributed by atoms with Crippen molar-refractivity contribution in [1.82, 2.24) is 19.9 Å². The Morgan fingerprint density at radius 1 is 1.32 bits per heavy atom. The highest BCUT2D eigenvalue weighted by Gasteiger charge is 2.17. The quantitative estimate of drug-likeness (QED) is 0.732. The van der Waals surface area contributed by atoms with Crippen molar-refractivity contribution in [2.45, 2.75) is 6.55 Å². The third kappa shape index (κ3) is 2.64. The number of methoxy groups -OCH3 is 1. The second-order valence-corrected chi connectivity index (χ2v) is 4.66. The second-order valence-electron chi connectivity index (χ2n) is 4.23. The van der Waals surface area contributed by atoms with Crippen LogP contribution in [0.4, 0.5) is 8.78 Å². The number of hydrogen-bond acceptors (Lipinski definition) is 5. The zero-order chi connectivity index (χ0) is 15.7. The molecule has 0 aliphatic rings. The Labute approximate surface area is 128 Å². The van der Waals surface area contributed by atoms with E-state index in [9.17, 15) is 8.78 Å². The van der Waals surface area contributed by atoms with Crippen LogP contribution in [0.1, 0.15) is 6.55 Å². The molecule has 0 aliphatic heterocycles. The fourth-order valence-electron chi connectivity index (χ4n) is 1.85. The van der Waals surface area contributed by atoms with Gasteiger partial charge in [-0.1, -0.05) is 16.8 Å². The number of alkyl halides is 2. The first-order valence-electron chi connectivity index (χ1n) is 6.10. The van der Waals surface area contributed by atoms with Crippen molar-refractivity contribution in [3.63, 3.8) is 0 Å². The van der Waals surface area contributed by atoms with Gasteiger partial charge in [-0.15, -0.1) is 0 Å². The number of halogens is 3. The van der Waals surface area contributed by atoms with E-state index in [1.807, 2.05) is 0 Å². The Morgan fingerprint density at radius 3 is 2.82 bits per heavy atom. The molecule has 0 aliphatic carbocycles. The maximum Gasteiger partial charge on any atom is 0.333 e. The van der Waals surface area contributed by atoms with E-state index in [1.54, 1.807) is 18.2 Å². The van der Waals surface area contributed by atoms with Gasteiger partial charge >= 0.3 is 6.55 Å². The van der Waals surface area contributed by atoms with Crippen LogP contribution in [-0.4, -0.2) is 27.0 Å². The maximum atomic E-state index is 12.5. The predicted octanol–water partition coefficient (Wildman–Crippen LogP) is 3.66. The van der Waals surface area contributed by atoms with E-state index in [0.717, 1.165) is 6.20 Å². The minimum Gasteiger partial charge on any atom is -0.496 e. The fraction of sp³-hybridized carbons (Fsp3) is 0.154. The van der Waals surface area contributed by atoms with Gasteiger partial charge in [-0.3, -0.25) is 0 Å². The number of nitrogens with zero attached hydrogens (tertiary/aromatic N) is 4. The predicted molar refractivity (Wildman–Crippen MR) is 73.8 cm³/mol. The molecule has 3 rings (SSSR count). The van der Waals surface area contributed by atoms with Gasteiger partial charge in [0.05, 0.1) is 12.7 Å². The smallest absolute Gasteiger partial charge is 0.333 e. The standard InChI is InChI=1S/C13H9ClF2N4O2/c1-21-10-3-2-7(14)6-8(10)11-17-12(22-19-11)9-4-5-20(18-9)13(15)16/h2-6,13H,1H3. The Bertz CT molecular complexity index is 803. The lowest BCUT2D eigenvalue weighted by atomic mass is 10.2. The molecule has 1 aromatic carbocycles. The Morgan fingerprint density at radius 2 is 2.14 bits per heavy atom. The minimum atomic E-state index is -2.73. The lowest BCUT2D eigenvalue weighted by Crippen LogP contribution is -1.98. The highest BCUT2D eigenvalue weighted by atomic mass is 35.5. The monoisotopic (exact) mass is 326 g/mol. The largest absolute Gasteiger partial charge is 0.496 e. The molecule has 0 saturated carbocycles. The van der Waals surface area contributed by atoms with Crippen LogP contribution >= 0.6 is 11.6 Å². The van der Waals surface area contributed by atoms with E-state index >= 15 is 0 Å². The van der Waals surface area contributed by atoms with E-state index in [4.69, 9.17) is 20.9 Å². The highest BCUT2D eigenvalue weighted by molar-refractivity contribution is 6.30. The summed E-state index contributed by atoms with van der Waals surface area (Å²) < 4.78 is 35.8. The van der Waals surface area contributed by atoms with Gasteiger partial charge in [-0.2, -0.15) is 18.9 Å². The lowest BCUT2D eigenvalue weighted by molar-refractivity contribution is 0.0568. The average molecular weight is 327 g/mol. The summed E-state index contributed by atoms with van der Waals surface area (Å²) in [5.41, 5.74) is 0.679. The molecule has 0 atom stereocenters. The van der Waals surface area contributed by atoms with Gasteiger partial charge < -0.3 is 9.26 Å². The van der Waals surface area contributed by atoms with Crippen LogP contribution in [0, 0.1) is 0 Å². The van der Waals surface area contributed by atoms with E-state index in [0.29, 0.717) is 21.0 Å². The zero-order valence-electron chi connectivity index (χ0n) is 11.2. The molecule has 0 radical (unpaired) electrons. The summed E-state index contributed by atoms with van der Waals surface area (Å²) in [4.78, 5) is 4.14. The summed E-state index contributed by atoms with van der Waals surface area (Å²) in [6, 6.07) is 6.31. The Kier molecular flexibility index (Phi) is 3.76. The summed E-state index contributed by atoms with van der Waals surface area (Å²) in [5, 5.41) is 7.94. The zero-order valence-corrected chi connectivity index (χ0v) is 12.0. The number of rotatable bonds is 4. The van der Waals surface area contributed by atoms with E-state index in [1.165, 1.54) is 13.2 Å². The highest BCUT2D eigenvalue weighted by Crippen LogP contribution is 2.31. The van der Waals surface area contributed by atoms with E-state index in [-0.39, 0.29) is 17.4 Å². The van der Waals surface area contributed by atoms with Crippen LogP contribution in [0.15, 0.2) is 35.0 Å². The second kappa shape index (κ2) is 5.72. The molecule has 0 spiro atoms. The van der Waals surface area contributed by atoms with Crippen molar-refractivity contribution in [2.75, 3.05) is 7.11 Å². The third-order valence-electron chi connectivity index (χ3n) is 2.86. The van der Waals surface area contributed by atoms with Crippen LogP contribution < -0.4 is 4.74 Å². The molecule has 2 aromatic heterocycles. The molecule has 0 amide bonds. The molecule has 0 unspecified atom stereocenters. The van der Waals surface area contributed by atoms with Crippen molar-refractivity contribution < 1.29 is 18.0 Å². The topological polar surface area (TPSA) is 66.0 Å². The third-order valence-corrected chi connectivity index (χ3v) is 3.09. The van der Waals surface area contributed by atoms with Crippen LogP contribution in [-0.2, 0) is 0 Å². The first kappa shape index (κ1) is 14.5. The molecular weight excluding hydrogens is 318 g/mol. The van der Waals surface area contributed by atoms with Gasteiger partial charge in [0.15, 0.2) is 5.69 Å². The summed E-state index contributed by atoms with van der Waals surface area (Å²) in [7, 11) is 1.50. The Balaban J connectivity index is 1.98. The molecule has 0 bridgehead atoms. The Hall–Kier alpha value is -2.48. The fourth-order valence-corrected chi connectivity index (χ4v) is 2.02. The maximum absolute atomic E-state index is 12.5. The number of aromatic nitrogens is 4. The minimum absolute atomic E-state index is 0.0245.